The number of carbonyl (C=O) groups excluding carboxylic acids is 1. The molecule has 0 unspecified atom stereocenters. The molecular weight excluding hydrogens is 567 g/mol. The van der Waals surface area contributed by atoms with Crippen molar-refractivity contribution in [3.05, 3.63) is 70.3 Å². The standard InChI is InChI=1S/C35H44F3N3O3/c1-23-15-27-26-8-6-5-7-24(26)16-28(27)33(41(23)20-34(2,3)38)32-29(36)17-25(18-30(32)37)44-14-13-39-11-9-35(10-12-39)21-40(22-35)19-31(42)43-4/h5-8,17-18,23,33H,9-16,19-22H2,1-4H3/t23-,33+/m1/s1. The summed E-state index contributed by atoms with van der Waals surface area (Å²) in [6, 6.07) is 9.92. The van der Waals surface area contributed by atoms with Crippen molar-refractivity contribution in [2.45, 2.75) is 64.2 Å². The van der Waals surface area contributed by atoms with Gasteiger partial charge in [-0.2, -0.15) is 0 Å². The van der Waals surface area contributed by atoms with Gasteiger partial charge < -0.3 is 9.47 Å². The SMILES string of the molecule is COC(=O)CN1CC2(CCN(CCOc3cc(F)c([C@@H]4C5=C(C[C@@H](C)N4CC(C)(C)F)c4ccccc4C5)c(F)c3)CC2)C1. The van der Waals surface area contributed by atoms with Crippen molar-refractivity contribution < 1.29 is 27.4 Å². The maximum atomic E-state index is 16.0. The van der Waals surface area contributed by atoms with Crippen molar-refractivity contribution in [1.82, 2.24) is 14.7 Å². The molecule has 6 nitrogen and oxygen atoms in total. The third kappa shape index (κ3) is 6.28. The summed E-state index contributed by atoms with van der Waals surface area (Å²) in [6.07, 6.45) is 3.42. The monoisotopic (exact) mass is 611 g/mol. The van der Waals surface area contributed by atoms with Crippen LogP contribution in [0.3, 0.4) is 0 Å². The van der Waals surface area contributed by atoms with Gasteiger partial charge >= 0.3 is 5.97 Å². The maximum absolute atomic E-state index is 16.0. The fraction of sp³-hybridized carbons (Fsp3) is 0.571. The Hall–Kier alpha value is -2.88. The molecule has 6 rings (SSSR count). The van der Waals surface area contributed by atoms with Gasteiger partial charge in [0.1, 0.15) is 29.7 Å². The molecule has 3 aliphatic heterocycles. The van der Waals surface area contributed by atoms with E-state index in [0.717, 1.165) is 61.3 Å². The van der Waals surface area contributed by atoms with Crippen LogP contribution in [0.4, 0.5) is 13.2 Å². The van der Waals surface area contributed by atoms with Gasteiger partial charge in [-0.05, 0) is 87.2 Å². The first-order valence-electron chi connectivity index (χ1n) is 15.8. The van der Waals surface area contributed by atoms with Crippen LogP contribution in [0.1, 0.15) is 62.8 Å². The molecule has 0 bridgehead atoms. The number of nitrogens with zero attached hydrogens (tertiary/aromatic N) is 3. The van der Waals surface area contributed by atoms with Crippen LogP contribution in [0.5, 0.6) is 5.75 Å². The molecular formula is C35H44F3N3O3. The summed E-state index contributed by atoms with van der Waals surface area (Å²) in [4.78, 5) is 17.9. The Balaban J connectivity index is 1.12. The lowest BCUT2D eigenvalue weighted by atomic mass is 9.72. The van der Waals surface area contributed by atoms with E-state index in [1.165, 1.54) is 33.1 Å². The molecule has 2 aromatic carbocycles. The molecule has 2 saturated heterocycles. The summed E-state index contributed by atoms with van der Waals surface area (Å²) in [5, 5.41) is 0. The summed E-state index contributed by atoms with van der Waals surface area (Å²) in [5.74, 6) is -1.36. The number of esters is 1. The van der Waals surface area contributed by atoms with E-state index in [1.54, 1.807) is 0 Å². The number of ether oxygens (including phenoxy) is 2. The smallest absolute Gasteiger partial charge is 0.319 e. The summed E-state index contributed by atoms with van der Waals surface area (Å²) in [7, 11) is 1.41. The number of hydrogen-bond acceptors (Lipinski definition) is 6. The van der Waals surface area contributed by atoms with E-state index in [4.69, 9.17) is 9.47 Å². The average molecular weight is 612 g/mol. The Labute approximate surface area is 258 Å². The van der Waals surface area contributed by atoms with Crippen LogP contribution < -0.4 is 4.74 Å². The average Bonchev–Trinajstić information content (AvgIpc) is 3.31. The second-order valence-corrected chi connectivity index (χ2v) is 13.9. The van der Waals surface area contributed by atoms with Crippen LogP contribution >= 0.6 is 0 Å². The number of rotatable bonds is 9. The number of likely N-dealkylation sites (tertiary alicyclic amines) is 2. The number of alkyl halides is 1. The molecule has 0 aromatic heterocycles. The summed E-state index contributed by atoms with van der Waals surface area (Å²) in [6.45, 7) is 10.2. The van der Waals surface area contributed by atoms with Gasteiger partial charge in [0.2, 0.25) is 0 Å². The molecule has 2 aromatic rings. The van der Waals surface area contributed by atoms with E-state index < -0.39 is 23.3 Å². The van der Waals surface area contributed by atoms with Crippen molar-refractivity contribution in [3.63, 3.8) is 0 Å². The van der Waals surface area contributed by atoms with Gasteiger partial charge in [-0.25, -0.2) is 13.2 Å². The first kappa shape index (κ1) is 31.1. The molecule has 0 radical (unpaired) electrons. The minimum absolute atomic E-state index is 0.0310. The highest BCUT2D eigenvalue weighted by Crippen LogP contribution is 2.50. The largest absolute Gasteiger partial charge is 0.492 e. The fourth-order valence-electron chi connectivity index (χ4n) is 7.87. The van der Waals surface area contributed by atoms with Gasteiger partial charge in [0.15, 0.2) is 0 Å². The normalized spacial score (nSPS) is 23.8. The molecule has 238 valence electrons. The molecule has 2 atom stereocenters. The van der Waals surface area contributed by atoms with Crippen LogP contribution in [0, 0.1) is 17.0 Å². The predicted molar refractivity (Wildman–Crippen MR) is 164 cm³/mol. The first-order chi connectivity index (χ1) is 20.9. The zero-order chi connectivity index (χ0) is 31.2. The van der Waals surface area contributed by atoms with E-state index in [-0.39, 0.29) is 35.3 Å². The number of carbonyl (C=O) groups is 1. The molecule has 44 heavy (non-hydrogen) atoms. The highest BCUT2D eigenvalue weighted by Gasteiger charge is 2.45. The molecule has 3 heterocycles. The van der Waals surface area contributed by atoms with Gasteiger partial charge in [-0.3, -0.25) is 19.5 Å². The third-order valence-corrected chi connectivity index (χ3v) is 10.0. The van der Waals surface area contributed by atoms with Crippen molar-refractivity contribution in [3.8, 4) is 5.75 Å². The minimum atomic E-state index is -1.53. The summed E-state index contributed by atoms with van der Waals surface area (Å²) >= 11 is 0. The second-order valence-electron chi connectivity index (χ2n) is 13.9. The molecule has 0 N–H and O–H groups in total. The second kappa shape index (κ2) is 12.1. The lowest BCUT2D eigenvalue weighted by molar-refractivity contribution is -0.146. The van der Waals surface area contributed by atoms with Crippen LogP contribution in [0.2, 0.25) is 0 Å². The van der Waals surface area contributed by atoms with Gasteiger partial charge in [-0.1, -0.05) is 24.3 Å². The number of piperidine rings is 1. The van der Waals surface area contributed by atoms with Crippen molar-refractivity contribution in [2.75, 3.05) is 59.5 Å². The number of benzene rings is 2. The topological polar surface area (TPSA) is 45.3 Å². The highest BCUT2D eigenvalue weighted by molar-refractivity contribution is 5.79. The van der Waals surface area contributed by atoms with Crippen LogP contribution in [-0.4, -0.2) is 91.9 Å². The predicted octanol–water partition coefficient (Wildman–Crippen LogP) is 5.81. The van der Waals surface area contributed by atoms with Gasteiger partial charge in [0.05, 0.1) is 19.7 Å². The number of methoxy groups -OCH3 is 1. The molecule has 1 aliphatic carbocycles. The quantitative estimate of drug-likeness (QED) is 0.334. The van der Waals surface area contributed by atoms with E-state index in [2.05, 4.69) is 21.9 Å². The van der Waals surface area contributed by atoms with Crippen molar-refractivity contribution in [1.29, 1.82) is 0 Å². The van der Waals surface area contributed by atoms with E-state index in [9.17, 15) is 4.79 Å². The molecule has 0 saturated carbocycles. The van der Waals surface area contributed by atoms with E-state index >= 15 is 13.2 Å². The molecule has 2 fully saturated rings. The zero-order valence-electron chi connectivity index (χ0n) is 26.3. The first-order valence-corrected chi connectivity index (χ1v) is 15.8. The molecule has 9 heteroatoms. The zero-order valence-corrected chi connectivity index (χ0v) is 26.3. The number of halogens is 3. The van der Waals surface area contributed by atoms with Gasteiger partial charge in [0.25, 0.3) is 0 Å². The number of fused-ring (bicyclic) bond motifs is 2. The van der Waals surface area contributed by atoms with Crippen molar-refractivity contribution in [2.24, 2.45) is 5.41 Å². The van der Waals surface area contributed by atoms with Crippen molar-refractivity contribution >= 4 is 11.5 Å². The van der Waals surface area contributed by atoms with Crippen LogP contribution in [-0.2, 0) is 16.0 Å². The fourth-order valence-corrected chi connectivity index (χ4v) is 7.87. The lowest BCUT2D eigenvalue weighted by Crippen LogP contribution is -2.61. The Bertz CT molecular complexity index is 1400. The molecule has 4 aliphatic rings. The Morgan fingerprint density at radius 1 is 1.07 bits per heavy atom. The highest BCUT2D eigenvalue weighted by atomic mass is 19.1. The third-order valence-electron chi connectivity index (χ3n) is 10.0. The van der Waals surface area contributed by atoms with E-state index in [0.29, 0.717) is 32.5 Å². The van der Waals surface area contributed by atoms with Crippen LogP contribution in [0.25, 0.3) is 5.57 Å². The Kier molecular flexibility index (Phi) is 8.58. The van der Waals surface area contributed by atoms with E-state index in [1.807, 2.05) is 24.0 Å². The maximum Gasteiger partial charge on any atom is 0.319 e. The summed E-state index contributed by atoms with van der Waals surface area (Å²) in [5.41, 5.74) is 3.09. The van der Waals surface area contributed by atoms with Crippen LogP contribution in [0.15, 0.2) is 42.0 Å². The lowest BCUT2D eigenvalue weighted by Gasteiger charge is -2.53. The summed E-state index contributed by atoms with van der Waals surface area (Å²) < 4.78 is 57.6. The molecule has 1 spiro atoms. The Morgan fingerprint density at radius 3 is 2.41 bits per heavy atom. The molecule has 0 amide bonds. The Morgan fingerprint density at radius 2 is 1.75 bits per heavy atom. The van der Waals surface area contributed by atoms with Gasteiger partial charge in [-0.15, -0.1) is 0 Å². The van der Waals surface area contributed by atoms with Gasteiger partial charge in [0, 0.05) is 49.9 Å². The number of hydrogen-bond donors (Lipinski definition) is 0. The minimum Gasteiger partial charge on any atom is -0.492 e.